The summed E-state index contributed by atoms with van der Waals surface area (Å²) < 4.78 is 71.0. The van der Waals surface area contributed by atoms with E-state index in [0.717, 1.165) is 6.21 Å². The van der Waals surface area contributed by atoms with Crippen LogP contribution in [0.2, 0.25) is 0 Å². The molecule has 0 atom stereocenters. The molecule has 9 heteroatoms. The number of nitriles is 1. The molecule has 0 saturated carbocycles. The van der Waals surface area contributed by atoms with E-state index >= 15 is 0 Å². The van der Waals surface area contributed by atoms with Gasteiger partial charge < -0.3 is 4.74 Å². The number of hydrazone groups is 1. The predicted octanol–water partition coefficient (Wildman–Crippen LogP) is 3.73. The fourth-order valence-electron chi connectivity index (χ4n) is 1.70. The van der Waals surface area contributed by atoms with E-state index in [4.69, 9.17) is 10.00 Å². The number of hydrogen-bond donors (Lipinski definition) is 1. The van der Waals surface area contributed by atoms with Crippen molar-refractivity contribution in [3.63, 3.8) is 0 Å². The Bertz CT molecular complexity index is 804. The summed E-state index contributed by atoms with van der Waals surface area (Å²) in [5.41, 5.74) is 0.818. The Morgan fingerprint density at radius 2 is 1.58 bits per heavy atom. The Hall–Kier alpha value is -3.15. The number of hydrogen-bond acceptors (Lipinski definition) is 4. The molecule has 24 heavy (non-hydrogen) atoms. The van der Waals surface area contributed by atoms with Gasteiger partial charge in [0, 0.05) is 5.56 Å². The molecule has 0 radical (unpaired) electrons. The fraction of sp³-hybridized carbons (Fsp3) is 0.0667. The highest BCUT2D eigenvalue weighted by Crippen LogP contribution is 2.27. The van der Waals surface area contributed by atoms with Crippen molar-refractivity contribution in [1.82, 2.24) is 0 Å². The number of nitrogens with one attached hydrogen (secondary N) is 1. The first-order valence-corrected chi connectivity index (χ1v) is 6.36. The standard InChI is InChI=1S/C15H8F5N3O/c16-10-11(17)13(19)15(14(20)12(10)18)23-22-7-8-3-1-2-4-9(8)24-6-5-21/h1-4,7,23H,6H2. The van der Waals surface area contributed by atoms with E-state index in [0.29, 0.717) is 5.56 Å². The minimum absolute atomic E-state index is 0.240. The molecule has 0 aliphatic carbocycles. The quantitative estimate of drug-likeness (QED) is 0.296. The maximum Gasteiger partial charge on any atom is 0.200 e. The van der Waals surface area contributed by atoms with Crippen molar-refractivity contribution in [2.75, 3.05) is 12.0 Å². The molecule has 124 valence electrons. The molecular weight excluding hydrogens is 333 g/mol. The van der Waals surface area contributed by atoms with Crippen LogP contribution in [0.3, 0.4) is 0 Å². The van der Waals surface area contributed by atoms with Crippen LogP contribution in [0.5, 0.6) is 5.75 Å². The van der Waals surface area contributed by atoms with Gasteiger partial charge in [0.15, 0.2) is 29.9 Å². The molecule has 0 aliphatic rings. The Morgan fingerprint density at radius 3 is 2.21 bits per heavy atom. The number of rotatable bonds is 5. The second-order valence-electron chi connectivity index (χ2n) is 4.30. The van der Waals surface area contributed by atoms with Crippen LogP contribution in [0.25, 0.3) is 0 Å². The zero-order valence-electron chi connectivity index (χ0n) is 11.8. The van der Waals surface area contributed by atoms with E-state index in [1.807, 2.05) is 0 Å². The summed E-state index contributed by atoms with van der Waals surface area (Å²) in [6.45, 7) is -0.240. The highest BCUT2D eigenvalue weighted by molar-refractivity contribution is 5.84. The lowest BCUT2D eigenvalue weighted by molar-refractivity contribution is 0.367. The molecule has 0 fully saturated rings. The molecule has 0 spiro atoms. The third-order valence-electron chi connectivity index (χ3n) is 2.80. The van der Waals surface area contributed by atoms with Crippen LogP contribution in [-0.2, 0) is 0 Å². The molecule has 2 rings (SSSR count). The van der Waals surface area contributed by atoms with Crippen LogP contribution in [0.4, 0.5) is 27.6 Å². The van der Waals surface area contributed by atoms with Crippen molar-refractivity contribution in [3.8, 4) is 11.8 Å². The van der Waals surface area contributed by atoms with Crippen LogP contribution in [0, 0.1) is 40.4 Å². The van der Waals surface area contributed by atoms with Crippen molar-refractivity contribution >= 4 is 11.9 Å². The molecule has 0 heterocycles. The molecule has 0 bridgehead atoms. The summed E-state index contributed by atoms with van der Waals surface area (Å²) in [5.74, 6) is -10.2. The van der Waals surface area contributed by atoms with Crippen molar-refractivity contribution in [3.05, 3.63) is 58.9 Å². The number of anilines is 1. The topological polar surface area (TPSA) is 57.4 Å². The number of nitrogens with zero attached hydrogens (tertiary/aromatic N) is 2. The number of benzene rings is 2. The smallest absolute Gasteiger partial charge is 0.200 e. The highest BCUT2D eigenvalue weighted by Gasteiger charge is 2.25. The van der Waals surface area contributed by atoms with Crippen LogP contribution in [0.1, 0.15) is 5.56 Å². The van der Waals surface area contributed by atoms with Crippen LogP contribution < -0.4 is 10.2 Å². The van der Waals surface area contributed by atoms with Gasteiger partial charge in [0.1, 0.15) is 17.5 Å². The van der Waals surface area contributed by atoms with Crippen molar-refractivity contribution in [1.29, 1.82) is 5.26 Å². The molecule has 4 nitrogen and oxygen atoms in total. The van der Waals surface area contributed by atoms with Gasteiger partial charge in [-0.05, 0) is 12.1 Å². The maximum absolute atomic E-state index is 13.5. The Morgan fingerprint density at radius 1 is 1.00 bits per heavy atom. The Labute approximate surface area is 132 Å². The van der Waals surface area contributed by atoms with Gasteiger partial charge in [-0.25, -0.2) is 22.0 Å². The number of para-hydroxylation sites is 1. The predicted molar refractivity (Wildman–Crippen MR) is 75.0 cm³/mol. The van der Waals surface area contributed by atoms with Gasteiger partial charge in [-0.1, -0.05) is 12.1 Å². The average Bonchev–Trinajstić information content (AvgIpc) is 2.60. The average molecular weight is 341 g/mol. The molecule has 2 aromatic carbocycles. The summed E-state index contributed by atoms with van der Waals surface area (Å²) in [5, 5.41) is 11.9. The second kappa shape index (κ2) is 7.41. The van der Waals surface area contributed by atoms with Gasteiger partial charge in [-0.3, -0.25) is 5.43 Å². The zero-order valence-corrected chi connectivity index (χ0v) is 11.8. The molecule has 0 unspecified atom stereocenters. The highest BCUT2D eigenvalue weighted by atomic mass is 19.2. The summed E-state index contributed by atoms with van der Waals surface area (Å²) >= 11 is 0. The van der Waals surface area contributed by atoms with Crippen LogP contribution >= 0.6 is 0 Å². The molecule has 0 aromatic heterocycles. The summed E-state index contributed by atoms with van der Waals surface area (Å²) in [7, 11) is 0. The Balaban J connectivity index is 2.27. The fourth-order valence-corrected chi connectivity index (χ4v) is 1.70. The molecule has 0 aliphatic heterocycles. The molecule has 2 aromatic rings. The molecule has 0 amide bonds. The minimum atomic E-state index is -2.25. The van der Waals surface area contributed by atoms with E-state index in [1.54, 1.807) is 23.6 Å². The van der Waals surface area contributed by atoms with Gasteiger partial charge in [0.05, 0.1) is 6.21 Å². The first-order valence-electron chi connectivity index (χ1n) is 6.36. The van der Waals surface area contributed by atoms with E-state index in [2.05, 4.69) is 5.10 Å². The summed E-state index contributed by atoms with van der Waals surface area (Å²) in [6.07, 6.45) is 1.05. The second-order valence-corrected chi connectivity index (χ2v) is 4.30. The Kier molecular flexibility index (Phi) is 5.31. The van der Waals surface area contributed by atoms with Crippen molar-refractivity contribution in [2.45, 2.75) is 0 Å². The van der Waals surface area contributed by atoms with E-state index in [9.17, 15) is 22.0 Å². The maximum atomic E-state index is 13.5. The molecule has 0 saturated heterocycles. The van der Waals surface area contributed by atoms with Crippen LogP contribution in [-0.4, -0.2) is 12.8 Å². The van der Waals surface area contributed by atoms with Crippen molar-refractivity contribution in [2.24, 2.45) is 5.10 Å². The number of halogens is 5. The van der Waals surface area contributed by atoms with Gasteiger partial charge in [-0.2, -0.15) is 10.4 Å². The largest absolute Gasteiger partial charge is 0.478 e. The molecular formula is C15H8F5N3O. The SMILES string of the molecule is N#CCOc1ccccc1C=NNc1c(F)c(F)c(F)c(F)c1F. The first-order chi connectivity index (χ1) is 11.5. The van der Waals surface area contributed by atoms with Gasteiger partial charge in [0.2, 0.25) is 5.82 Å². The van der Waals surface area contributed by atoms with Crippen LogP contribution in [0.15, 0.2) is 29.4 Å². The minimum Gasteiger partial charge on any atom is -0.478 e. The molecule has 1 N–H and O–H groups in total. The van der Waals surface area contributed by atoms with Gasteiger partial charge in [0.25, 0.3) is 0 Å². The monoisotopic (exact) mass is 341 g/mol. The zero-order chi connectivity index (χ0) is 17.7. The lowest BCUT2D eigenvalue weighted by atomic mass is 10.2. The summed E-state index contributed by atoms with van der Waals surface area (Å²) in [4.78, 5) is 0. The van der Waals surface area contributed by atoms with Gasteiger partial charge in [-0.15, -0.1) is 0 Å². The lowest BCUT2D eigenvalue weighted by Crippen LogP contribution is -2.06. The lowest BCUT2D eigenvalue weighted by Gasteiger charge is -2.08. The third kappa shape index (κ3) is 3.43. The third-order valence-corrected chi connectivity index (χ3v) is 2.80. The van der Waals surface area contributed by atoms with E-state index < -0.39 is 34.8 Å². The first kappa shape index (κ1) is 17.2. The van der Waals surface area contributed by atoms with Gasteiger partial charge >= 0.3 is 0 Å². The normalized spacial score (nSPS) is 10.7. The summed E-state index contributed by atoms with van der Waals surface area (Å²) in [6, 6.07) is 7.99. The van der Waals surface area contributed by atoms with E-state index in [-0.39, 0.29) is 12.4 Å². The number of ether oxygens (including phenoxy) is 1. The van der Waals surface area contributed by atoms with E-state index in [1.165, 1.54) is 12.1 Å². The van der Waals surface area contributed by atoms with Crippen molar-refractivity contribution < 1.29 is 26.7 Å².